The summed E-state index contributed by atoms with van der Waals surface area (Å²) in [6, 6.07) is 6.95. The Balaban J connectivity index is 0.00000208. The van der Waals surface area contributed by atoms with E-state index in [-0.39, 0.29) is 41.9 Å². The van der Waals surface area contributed by atoms with Gasteiger partial charge < -0.3 is 15.4 Å². The van der Waals surface area contributed by atoms with E-state index in [1.165, 1.54) is 6.07 Å². The quantitative estimate of drug-likeness (QED) is 0.878. The van der Waals surface area contributed by atoms with Gasteiger partial charge in [-0.1, -0.05) is 18.2 Å². The second-order valence-corrected chi connectivity index (χ2v) is 6.54. The third-order valence-electron chi connectivity index (χ3n) is 4.92. The van der Waals surface area contributed by atoms with E-state index in [1.54, 1.807) is 18.2 Å². The number of hydrogen-bond acceptors (Lipinski definition) is 3. The fourth-order valence-corrected chi connectivity index (χ4v) is 3.64. The van der Waals surface area contributed by atoms with E-state index in [2.05, 4.69) is 4.74 Å². The summed E-state index contributed by atoms with van der Waals surface area (Å²) in [5.74, 6) is 0.501. The van der Waals surface area contributed by atoms with E-state index in [1.807, 2.05) is 11.8 Å². The van der Waals surface area contributed by atoms with Gasteiger partial charge >= 0.3 is 6.61 Å². The number of nitrogens with zero attached hydrogens (tertiary/aromatic N) is 1. The maximum Gasteiger partial charge on any atom is 0.387 e. The van der Waals surface area contributed by atoms with Crippen molar-refractivity contribution in [3.63, 3.8) is 0 Å². The van der Waals surface area contributed by atoms with Gasteiger partial charge in [-0.25, -0.2) is 0 Å². The Morgan fingerprint density at radius 3 is 2.71 bits per heavy atom. The van der Waals surface area contributed by atoms with Crippen LogP contribution in [0.4, 0.5) is 8.78 Å². The minimum Gasteiger partial charge on any atom is -0.435 e. The molecule has 3 rings (SSSR count). The molecule has 4 unspecified atom stereocenters. The summed E-state index contributed by atoms with van der Waals surface area (Å²) in [6.07, 6.45) is 1.63. The highest BCUT2D eigenvalue weighted by Gasteiger charge is 2.49. The topological polar surface area (TPSA) is 55.6 Å². The SMILES string of the molecule is CC1CC(CN)CN1C(=O)C1CC1c1ccccc1OC(F)F.Cl. The molecule has 1 aromatic rings. The fraction of sp³-hybridized carbons (Fsp3) is 0.588. The molecule has 2 N–H and O–H groups in total. The van der Waals surface area contributed by atoms with Gasteiger partial charge in [-0.15, -0.1) is 12.4 Å². The van der Waals surface area contributed by atoms with Crippen LogP contribution in [0.25, 0.3) is 0 Å². The van der Waals surface area contributed by atoms with Gasteiger partial charge in [0.1, 0.15) is 5.75 Å². The molecule has 1 aromatic carbocycles. The van der Waals surface area contributed by atoms with Crippen molar-refractivity contribution in [1.29, 1.82) is 0 Å². The summed E-state index contributed by atoms with van der Waals surface area (Å²) in [7, 11) is 0. The van der Waals surface area contributed by atoms with E-state index >= 15 is 0 Å². The zero-order chi connectivity index (χ0) is 16.6. The molecule has 2 aliphatic rings. The lowest BCUT2D eigenvalue weighted by Crippen LogP contribution is -2.35. The first-order chi connectivity index (χ1) is 11.0. The van der Waals surface area contributed by atoms with Crippen LogP contribution in [0.15, 0.2) is 24.3 Å². The molecule has 0 bridgehead atoms. The van der Waals surface area contributed by atoms with Crippen LogP contribution < -0.4 is 10.5 Å². The van der Waals surface area contributed by atoms with Gasteiger partial charge in [-0.3, -0.25) is 4.79 Å². The van der Waals surface area contributed by atoms with Crippen molar-refractivity contribution in [1.82, 2.24) is 4.90 Å². The number of likely N-dealkylation sites (tertiary alicyclic amines) is 1. The molecule has 0 spiro atoms. The van der Waals surface area contributed by atoms with Crippen LogP contribution in [-0.2, 0) is 4.79 Å². The second kappa shape index (κ2) is 7.66. The lowest BCUT2D eigenvalue weighted by molar-refractivity contribution is -0.133. The highest BCUT2D eigenvalue weighted by Crippen LogP contribution is 2.52. The van der Waals surface area contributed by atoms with Crippen molar-refractivity contribution >= 4 is 18.3 Å². The fourth-order valence-electron chi connectivity index (χ4n) is 3.64. The number of para-hydroxylation sites is 1. The second-order valence-electron chi connectivity index (χ2n) is 6.54. The monoisotopic (exact) mass is 360 g/mol. The normalized spacial score (nSPS) is 28.6. The average Bonchev–Trinajstić information content (AvgIpc) is 3.22. The molecule has 1 aliphatic carbocycles. The van der Waals surface area contributed by atoms with Crippen molar-refractivity contribution < 1.29 is 18.3 Å². The zero-order valence-corrected chi connectivity index (χ0v) is 14.3. The third kappa shape index (κ3) is 3.81. The first kappa shape index (κ1) is 18.9. The molecule has 2 fully saturated rings. The summed E-state index contributed by atoms with van der Waals surface area (Å²) >= 11 is 0. The third-order valence-corrected chi connectivity index (χ3v) is 4.92. The number of ether oxygens (including phenoxy) is 1. The van der Waals surface area contributed by atoms with Crippen LogP contribution >= 0.6 is 12.4 Å². The number of benzene rings is 1. The average molecular weight is 361 g/mol. The van der Waals surface area contributed by atoms with Crippen LogP contribution in [0, 0.1) is 11.8 Å². The van der Waals surface area contributed by atoms with Crippen LogP contribution in [0.3, 0.4) is 0 Å². The van der Waals surface area contributed by atoms with Crippen molar-refractivity contribution in [3.8, 4) is 5.75 Å². The van der Waals surface area contributed by atoms with Gasteiger partial charge in [0.05, 0.1) is 0 Å². The molecule has 1 amide bonds. The van der Waals surface area contributed by atoms with Gasteiger partial charge in [0, 0.05) is 18.5 Å². The number of halogens is 3. The van der Waals surface area contributed by atoms with E-state index in [9.17, 15) is 13.6 Å². The minimum atomic E-state index is -2.85. The Labute approximate surface area is 146 Å². The molecule has 1 saturated heterocycles. The Kier molecular flexibility index (Phi) is 6.04. The smallest absolute Gasteiger partial charge is 0.387 e. The Morgan fingerprint density at radius 1 is 1.38 bits per heavy atom. The summed E-state index contributed by atoms with van der Waals surface area (Å²) < 4.78 is 29.6. The molecule has 7 heteroatoms. The predicted molar refractivity (Wildman–Crippen MR) is 89.5 cm³/mol. The van der Waals surface area contributed by atoms with E-state index in [4.69, 9.17) is 5.73 Å². The van der Waals surface area contributed by atoms with Gasteiger partial charge in [-0.05, 0) is 49.8 Å². The van der Waals surface area contributed by atoms with Crippen molar-refractivity contribution in [2.45, 2.75) is 38.3 Å². The highest BCUT2D eigenvalue weighted by molar-refractivity contribution is 5.85. The zero-order valence-electron chi connectivity index (χ0n) is 13.5. The van der Waals surface area contributed by atoms with E-state index in [0.29, 0.717) is 31.0 Å². The van der Waals surface area contributed by atoms with Gasteiger partial charge in [0.2, 0.25) is 5.91 Å². The Morgan fingerprint density at radius 2 is 2.08 bits per heavy atom. The maximum atomic E-state index is 12.7. The first-order valence-electron chi connectivity index (χ1n) is 8.05. The van der Waals surface area contributed by atoms with Crippen molar-refractivity contribution in [2.24, 2.45) is 17.6 Å². The summed E-state index contributed by atoms with van der Waals surface area (Å²) in [4.78, 5) is 14.6. The molecule has 0 aromatic heterocycles. The van der Waals surface area contributed by atoms with Crippen LogP contribution in [0.5, 0.6) is 5.75 Å². The molecular weight excluding hydrogens is 338 g/mol. The first-order valence-corrected chi connectivity index (χ1v) is 8.05. The number of alkyl halides is 2. The molecular formula is C17H23ClF2N2O2. The number of hydrogen-bond donors (Lipinski definition) is 1. The van der Waals surface area contributed by atoms with Crippen molar-refractivity contribution in [2.75, 3.05) is 13.1 Å². The standard InChI is InChI=1S/C17H22F2N2O2.ClH/c1-10-6-11(8-20)9-21(10)16(22)14-7-13(14)12-4-2-3-5-15(12)23-17(18)19;/h2-5,10-11,13-14,17H,6-9,20H2,1H3;1H. The van der Waals surface area contributed by atoms with Crippen LogP contribution in [-0.4, -0.2) is 36.5 Å². The van der Waals surface area contributed by atoms with Gasteiger partial charge in [-0.2, -0.15) is 8.78 Å². The number of rotatable bonds is 5. The molecule has 1 saturated carbocycles. The molecule has 1 aliphatic heterocycles. The Bertz CT molecular complexity index is 587. The summed E-state index contributed by atoms with van der Waals surface area (Å²) in [5, 5.41) is 0. The largest absolute Gasteiger partial charge is 0.435 e. The van der Waals surface area contributed by atoms with Gasteiger partial charge in [0.25, 0.3) is 0 Å². The van der Waals surface area contributed by atoms with Gasteiger partial charge in [0.15, 0.2) is 0 Å². The molecule has 0 radical (unpaired) electrons. The van der Waals surface area contributed by atoms with E-state index in [0.717, 1.165) is 6.42 Å². The number of nitrogens with two attached hydrogens (primary N) is 1. The molecule has 4 atom stereocenters. The molecule has 1 heterocycles. The highest BCUT2D eigenvalue weighted by atomic mass is 35.5. The molecule has 134 valence electrons. The van der Waals surface area contributed by atoms with E-state index < -0.39 is 6.61 Å². The van der Waals surface area contributed by atoms with Crippen molar-refractivity contribution in [3.05, 3.63) is 29.8 Å². The lowest BCUT2D eigenvalue weighted by Gasteiger charge is -2.22. The van der Waals surface area contributed by atoms with Crippen LogP contribution in [0.1, 0.15) is 31.2 Å². The maximum absolute atomic E-state index is 12.7. The minimum absolute atomic E-state index is 0. The summed E-state index contributed by atoms with van der Waals surface area (Å²) in [5.41, 5.74) is 6.41. The summed E-state index contributed by atoms with van der Waals surface area (Å²) in [6.45, 7) is 0.481. The molecule has 24 heavy (non-hydrogen) atoms. The number of carbonyl (C=O) groups is 1. The number of amides is 1. The lowest BCUT2D eigenvalue weighted by atomic mass is 10.1. The predicted octanol–water partition coefficient (Wildman–Crippen LogP) is 3.01. The Hall–Kier alpha value is -1.40. The molecule has 4 nitrogen and oxygen atoms in total. The van der Waals surface area contributed by atoms with Crippen LogP contribution in [0.2, 0.25) is 0 Å². The number of carbonyl (C=O) groups excluding carboxylic acids is 1.